The minimum absolute atomic E-state index is 0.201. The van der Waals surface area contributed by atoms with Crippen LogP contribution in [0.25, 0.3) is 6.08 Å². The maximum atomic E-state index is 13.5. The highest BCUT2D eigenvalue weighted by Gasteiger charge is 2.33. The van der Waals surface area contributed by atoms with Gasteiger partial charge >= 0.3 is 5.97 Å². The molecule has 2 aromatic heterocycles. The Morgan fingerprint density at radius 2 is 1.91 bits per heavy atom. The van der Waals surface area contributed by atoms with Crippen LogP contribution >= 0.6 is 11.3 Å². The number of esters is 1. The molecule has 1 aromatic carbocycles. The van der Waals surface area contributed by atoms with Gasteiger partial charge in [0.2, 0.25) is 0 Å². The highest BCUT2D eigenvalue weighted by molar-refractivity contribution is 7.07. The fraction of sp³-hybridized carbons (Fsp3) is 0.304. The van der Waals surface area contributed by atoms with Crippen LogP contribution in [0.15, 0.2) is 51.5 Å². The zero-order chi connectivity index (χ0) is 23.2. The van der Waals surface area contributed by atoms with Crippen molar-refractivity contribution < 1.29 is 9.53 Å². The number of aryl methyl sites for hydroxylation is 1. The average Bonchev–Trinajstić information content (AvgIpc) is 3.25. The second-order valence-corrected chi connectivity index (χ2v) is 8.88. The summed E-state index contributed by atoms with van der Waals surface area (Å²) in [6.07, 6.45) is 3.56. The van der Waals surface area contributed by atoms with E-state index in [1.54, 1.807) is 22.4 Å². The van der Waals surface area contributed by atoms with E-state index in [0.29, 0.717) is 20.6 Å². The van der Waals surface area contributed by atoms with E-state index in [0.717, 1.165) is 22.5 Å². The number of fused-ring (bicyclic) bond motifs is 1. The number of benzene rings is 1. The molecule has 0 saturated carbocycles. The molecule has 0 fully saturated rings. The fourth-order valence-electron chi connectivity index (χ4n) is 3.76. The van der Waals surface area contributed by atoms with Gasteiger partial charge in [0.1, 0.15) is 0 Å². The summed E-state index contributed by atoms with van der Waals surface area (Å²) in [7, 11) is 7.12. The number of ether oxygens (including phenoxy) is 1. The fourth-order valence-corrected chi connectivity index (χ4v) is 4.80. The number of thiazole rings is 1. The lowest BCUT2D eigenvalue weighted by Crippen LogP contribution is -2.39. The van der Waals surface area contributed by atoms with Crippen LogP contribution in [0.3, 0.4) is 0 Å². The molecule has 0 aliphatic carbocycles. The van der Waals surface area contributed by atoms with E-state index in [2.05, 4.69) is 10.1 Å². The molecule has 9 heteroatoms. The Labute approximate surface area is 189 Å². The summed E-state index contributed by atoms with van der Waals surface area (Å²) < 4.78 is 8.94. The molecule has 0 bridgehead atoms. The van der Waals surface area contributed by atoms with E-state index >= 15 is 0 Å². The third-order valence-corrected chi connectivity index (χ3v) is 6.69. The summed E-state index contributed by atoms with van der Waals surface area (Å²) in [6, 6.07) is 7.18. The molecule has 1 atom stereocenters. The van der Waals surface area contributed by atoms with Gasteiger partial charge in [-0.2, -0.15) is 5.10 Å². The number of hydrogen-bond donors (Lipinski definition) is 0. The Bertz CT molecular complexity index is 1410. The number of aromatic nitrogens is 3. The summed E-state index contributed by atoms with van der Waals surface area (Å²) >= 11 is 1.30. The largest absolute Gasteiger partial charge is 0.466 e. The molecule has 3 aromatic rings. The van der Waals surface area contributed by atoms with Gasteiger partial charge in [-0.3, -0.25) is 14.0 Å². The standard InChI is InChI=1S/C23H25N5O3S/c1-13-19(22(30)31-6)20(15-7-9-17(10-8-15)26(3)4)28-21(29)18(32-23(28)25-13)11-16-12-24-27(5)14(16)2/h7-12,20H,1-6H3/b18-11+/t20-/m1/s1. The van der Waals surface area contributed by atoms with Gasteiger partial charge in [0.05, 0.1) is 35.2 Å². The number of nitrogens with zero attached hydrogens (tertiary/aromatic N) is 5. The Balaban J connectivity index is 1.96. The van der Waals surface area contributed by atoms with Crippen molar-refractivity contribution in [3.63, 3.8) is 0 Å². The lowest BCUT2D eigenvalue weighted by molar-refractivity contribution is -0.136. The highest BCUT2D eigenvalue weighted by atomic mass is 32.1. The van der Waals surface area contributed by atoms with Gasteiger partial charge in [0.15, 0.2) is 4.80 Å². The van der Waals surface area contributed by atoms with Crippen molar-refractivity contribution >= 4 is 29.1 Å². The molecule has 0 N–H and O–H groups in total. The number of anilines is 1. The van der Waals surface area contributed by atoms with Crippen LogP contribution in [0, 0.1) is 6.92 Å². The van der Waals surface area contributed by atoms with Crippen molar-refractivity contribution in [2.45, 2.75) is 19.9 Å². The first-order chi connectivity index (χ1) is 15.2. The lowest BCUT2D eigenvalue weighted by atomic mass is 9.95. The molecule has 0 amide bonds. The third kappa shape index (κ3) is 3.58. The van der Waals surface area contributed by atoms with E-state index in [1.165, 1.54) is 18.4 Å². The summed E-state index contributed by atoms with van der Waals surface area (Å²) in [6.45, 7) is 3.72. The topological polar surface area (TPSA) is 81.7 Å². The molecule has 3 heterocycles. The predicted octanol–water partition coefficient (Wildman–Crippen LogP) is 1.52. The first kappa shape index (κ1) is 21.8. The minimum Gasteiger partial charge on any atom is -0.466 e. The monoisotopic (exact) mass is 451 g/mol. The van der Waals surface area contributed by atoms with Crippen LogP contribution in [0.1, 0.15) is 29.8 Å². The average molecular weight is 452 g/mol. The number of allylic oxidation sites excluding steroid dienone is 1. The summed E-state index contributed by atoms with van der Waals surface area (Å²) in [5.74, 6) is -0.495. The van der Waals surface area contributed by atoms with Crippen LogP contribution in [0.4, 0.5) is 5.69 Å². The van der Waals surface area contributed by atoms with Crippen molar-refractivity contribution in [2.75, 3.05) is 26.1 Å². The maximum Gasteiger partial charge on any atom is 0.338 e. The molecule has 166 valence electrons. The van der Waals surface area contributed by atoms with Crippen LogP contribution in [0.2, 0.25) is 0 Å². The second kappa shape index (κ2) is 8.23. The smallest absolute Gasteiger partial charge is 0.338 e. The van der Waals surface area contributed by atoms with Crippen molar-refractivity contribution in [1.82, 2.24) is 14.3 Å². The molecule has 0 spiro atoms. The van der Waals surface area contributed by atoms with Gasteiger partial charge < -0.3 is 9.64 Å². The number of carbonyl (C=O) groups excluding carboxylic acids is 1. The summed E-state index contributed by atoms with van der Waals surface area (Å²) in [5, 5.41) is 4.25. The predicted molar refractivity (Wildman–Crippen MR) is 124 cm³/mol. The second-order valence-electron chi connectivity index (χ2n) is 7.87. The molecule has 1 aliphatic rings. The molecular formula is C23H25N5O3S. The normalized spacial score (nSPS) is 16.1. The minimum atomic E-state index is -0.618. The van der Waals surface area contributed by atoms with E-state index in [1.807, 2.05) is 63.3 Å². The van der Waals surface area contributed by atoms with Gasteiger partial charge in [-0.1, -0.05) is 23.5 Å². The molecular weight excluding hydrogens is 426 g/mol. The Morgan fingerprint density at radius 1 is 1.22 bits per heavy atom. The van der Waals surface area contributed by atoms with Gasteiger partial charge in [-0.25, -0.2) is 9.79 Å². The Hall–Kier alpha value is -3.46. The highest BCUT2D eigenvalue weighted by Crippen LogP contribution is 2.31. The molecule has 8 nitrogen and oxygen atoms in total. The van der Waals surface area contributed by atoms with E-state index < -0.39 is 12.0 Å². The van der Waals surface area contributed by atoms with Crippen LogP contribution < -0.4 is 19.8 Å². The zero-order valence-corrected chi connectivity index (χ0v) is 19.7. The van der Waals surface area contributed by atoms with E-state index in [4.69, 9.17) is 4.74 Å². The van der Waals surface area contributed by atoms with Gasteiger partial charge in [-0.15, -0.1) is 0 Å². The molecule has 0 unspecified atom stereocenters. The summed E-state index contributed by atoms with van der Waals surface area (Å²) in [4.78, 5) is 33.4. The first-order valence-corrected chi connectivity index (χ1v) is 10.9. The van der Waals surface area contributed by atoms with Gasteiger partial charge in [-0.05, 0) is 37.6 Å². The molecule has 0 saturated heterocycles. The molecule has 1 aliphatic heterocycles. The van der Waals surface area contributed by atoms with E-state index in [9.17, 15) is 9.59 Å². The number of hydrogen-bond acceptors (Lipinski definition) is 7. The number of methoxy groups -OCH3 is 1. The number of carbonyl (C=O) groups is 1. The van der Waals surface area contributed by atoms with Gasteiger partial charge in [0.25, 0.3) is 5.56 Å². The Morgan fingerprint density at radius 3 is 2.47 bits per heavy atom. The van der Waals surface area contributed by atoms with Crippen LogP contribution in [-0.4, -0.2) is 41.5 Å². The van der Waals surface area contributed by atoms with Crippen molar-refractivity contribution in [3.8, 4) is 0 Å². The Kier molecular flexibility index (Phi) is 5.60. The first-order valence-electron chi connectivity index (χ1n) is 10.1. The molecule has 32 heavy (non-hydrogen) atoms. The molecule has 0 radical (unpaired) electrons. The lowest BCUT2D eigenvalue weighted by Gasteiger charge is -2.25. The van der Waals surface area contributed by atoms with Crippen molar-refractivity contribution in [1.29, 1.82) is 0 Å². The zero-order valence-electron chi connectivity index (χ0n) is 18.9. The third-order valence-electron chi connectivity index (χ3n) is 5.71. The summed E-state index contributed by atoms with van der Waals surface area (Å²) in [5.41, 5.74) is 4.37. The van der Waals surface area contributed by atoms with Gasteiger partial charge in [0, 0.05) is 38.1 Å². The van der Waals surface area contributed by atoms with Crippen LogP contribution in [0.5, 0.6) is 0 Å². The van der Waals surface area contributed by atoms with Crippen molar-refractivity contribution in [2.24, 2.45) is 12.0 Å². The number of rotatable bonds is 4. The van der Waals surface area contributed by atoms with E-state index in [-0.39, 0.29) is 5.56 Å². The SMILES string of the molecule is COC(=O)C1=C(C)N=c2s/c(=C/c3cnn(C)c3C)c(=O)n2[C@@H]1c1ccc(N(C)C)cc1. The molecule has 4 rings (SSSR count). The maximum absolute atomic E-state index is 13.5. The van der Waals surface area contributed by atoms with Crippen LogP contribution in [-0.2, 0) is 16.6 Å². The quantitative estimate of drug-likeness (QED) is 0.562. The van der Waals surface area contributed by atoms with Crippen molar-refractivity contribution in [3.05, 3.63) is 78.2 Å².